The molecule has 24 heavy (non-hydrogen) atoms. The number of carbonyl (C=O) groups excluding carboxylic acids is 1. The van der Waals surface area contributed by atoms with Crippen molar-refractivity contribution in [3.63, 3.8) is 0 Å². The number of hydrogen-bond donors (Lipinski definition) is 2. The van der Waals surface area contributed by atoms with Crippen molar-refractivity contribution in [3.8, 4) is 0 Å². The average Bonchev–Trinajstić information content (AvgIpc) is 2.49. The standard InChI is InChI=1S/C15H10Cl2F4N2O/c16-11-3-1-8(5-10(11)15(19,20)21)22-7-14(24)23-9-2-4-13(18)12(17)6-9/h1-6,22H,7H2,(H,23,24). The maximum atomic E-state index is 13.0. The Bertz CT molecular complexity index is 766. The topological polar surface area (TPSA) is 41.1 Å². The lowest BCUT2D eigenvalue weighted by Gasteiger charge is -2.12. The molecule has 0 saturated heterocycles. The largest absolute Gasteiger partial charge is 0.417 e. The Morgan fingerprint density at radius 3 is 2.29 bits per heavy atom. The number of alkyl halides is 3. The van der Waals surface area contributed by atoms with Crippen LogP contribution in [-0.4, -0.2) is 12.5 Å². The molecule has 1 amide bonds. The van der Waals surface area contributed by atoms with Crippen LogP contribution in [0.3, 0.4) is 0 Å². The van der Waals surface area contributed by atoms with E-state index in [-0.39, 0.29) is 22.9 Å². The third kappa shape index (κ3) is 4.75. The van der Waals surface area contributed by atoms with Crippen LogP contribution in [-0.2, 0) is 11.0 Å². The summed E-state index contributed by atoms with van der Waals surface area (Å²) in [6.45, 7) is -0.298. The minimum Gasteiger partial charge on any atom is -0.376 e. The van der Waals surface area contributed by atoms with Gasteiger partial charge in [0.1, 0.15) is 5.82 Å². The van der Waals surface area contributed by atoms with Crippen molar-refractivity contribution < 1.29 is 22.4 Å². The third-order valence-electron chi connectivity index (χ3n) is 2.93. The van der Waals surface area contributed by atoms with Crippen molar-refractivity contribution in [2.45, 2.75) is 6.18 Å². The van der Waals surface area contributed by atoms with Crippen LogP contribution >= 0.6 is 23.2 Å². The van der Waals surface area contributed by atoms with Gasteiger partial charge in [-0.2, -0.15) is 13.2 Å². The van der Waals surface area contributed by atoms with Gasteiger partial charge in [0.2, 0.25) is 5.91 Å². The van der Waals surface area contributed by atoms with E-state index in [0.717, 1.165) is 18.2 Å². The van der Waals surface area contributed by atoms with Crippen LogP contribution in [0, 0.1) is 5.82 Å². The summed E-state index contributed by atoms with van der Waals surface area (Å²) in [6, 6.07) is 6.83. The molecule has 0 saturated carbocycles. The van der Waals surface area contributed by atoms with E-state index in [0.29, 0.717) is 0 Å². The van der Waals surface area contributed by atoms with E-state index in [4.69, 9.17) is 23.2 Å². The highest BCUT2D eigenvalue weighted by Gasteiger charge is 2.33. The lowest BCUT2D eigenvalue weighted by Crippen LogP contribution is -2.22. The van der Waals surface area contributed by atoms with Gasteiger partial charge in [-0.3, -0.25) is 4.79 Å². The van der Waals surface area contributed by atoms with Gasteiger partial charge in [-0.1, -0.05) is 23.2 Å². The average molecular weight is 381 g/mol. The van der Waals surface area contributed by atoms with E-state index in [1.165, 1.54) is 18.2 Å². The number of amides is 1. The van der Waals surface area contributed by atoms with Crippen molar-refractivity contribution in [1.82, 2.24) is 0 Å². The normalized spacial score (nSPS) is 11.2. The van der Waals surface area contributed by atoms with Gasteiger partial charge >= 0.3 is 6.18 Å². The predicted molar refractivity (Wildman–Crippen MR) is 85.0 cm³/mol. The minimum absolute atomic E-state index is 0.0824. The van der Waals surface area contributed by atoms with Crippen LogP contribution in [0.4, 0.5) is 28.9 Å². The van der Waals surface area contributed by atoms with Gasteiger partial charge in [-0.25, -0.2) is 4.39 Å². The second-order valence-corrected chi connectivity index (χ2v) is 5.54. The molecular weight excluding hydrogens is 371 g/mol. The molecule has 2 N–H and O–H groups in total. The van der Waals surface area contributed by atoms with E-state index in [1.54, 1.807) is 0 Å². The number of carbonyl (C=O) groups is 1. The van der Waals surface area contributed by atoms with Gasteiger partial charge < -0.3 is 10.6 Å². The molecule has 0 aromatic heterocycles. The quantitative estimate of drug-likeness (QED) is 0.715. The third-order valence-corrected chi connectivity index (χ3v) is 3.55. The van der Waals surface area contributed by atoms with Crippen LogP contribution in [0.25, 0.3) is 0 Å². The van der Waals surface area contributed by atoms with E-state index in [2.05, 4.69) is 10.6 Å². The van der Waals surface area contributed by atoms with Crippen LogP contribution in [0.1, 0.15) is 5.56 Å². The first-order chi connectivity index (χ1) is 11.2. The van der Waals surface area contributed by atoms with E-state index in [1.807, 2.05) is 0 Å². The lowest BCUT2D eigenvalue weighted by molar-refractivity contribution is -0.137. The molecule has 0 fully saturated rings. The number of hydrogen-bond acceptors (Lipinski definition) is 2. The molecule has 0 spiro atoms. The zero-order valence-electron chi connectivity index (χ0n) is 11.8. The molecule has 0 aliphatic carbocycles. The summed E-state index contributed by atoms with van der Waals surface area (Å²) in [5.74, 6) is -1.17. The van der Waals surface area contributed by atoms with Gasteiger partial charge in [0, 0.05) is 11.4 Å². The summed E-state index contributed by atoms with van der Waals surface area (Å²) >= 11 is 11.1. The van der Waals surface area contributed by atoms with E-state index in [9.17, 15) is 22.4 Å². The summed E-state index contributed by atoms with van der Waals surface area (Å²) in [7, 11) is 0. The van der Waals surface area contributed by atoms with E-state index >= 15 is 0 Å². The first-order valence-corrected chi connectivity index (χ1v) is 7.28. The van der Waals surface area contributed by atoms with Gasteiger partial charge in [-0.15, -0.1) is 0 Å². The zero-order valence-corrected chi connectivity index (χ0v) is 13.4. The minimum atomic E-state index is -4.60. The fourth-order valence-corrected chi connectivity index (χ4v) is 2.22. The van der Waals surface area contributed by atoms with Gasteiger partial charge in [0.25, 0.3) is 0 Å². The molecule has 0 aliphatic heterocycles. The maximum Gasteiger partial charge on any atom is 0.417 e. The zero-order chi connectivity index (χ0) is 17.9. The molecule has 128 valence electrons. The SMILES string of the molecule is O=C(CNc1ccc(Cl)c(C(F)(F)F)c1)Nc1ccc(F)c(Cl)c1. The Hall–Kier alpha value is -1.99. The van der Waals surface area contributed by atoms with E-state index < -0.39 is 28.5 Å². The van der Waals surface area contributed by atoms with Crippen LogP contribution in [0.5, 0.6) is 0 Å². The summed E-state index contributed by atoms with van der Waals surface area (Å²) < 4.78 is 51.3. The monoisotopic (exact) mass is 380 g/mol. The Labute approximate surface area is 144 Å². The lowest BCUT2D eigenvalue weighted by atomic mass is 10.2. The molecule has 9 heteroatoms. The van der Waals surface area contributed by atoms with Crippen LogP contribution in [0.15, 0.2) is 36.4 Å². The molecule has 0 bridgehead atoms. The Kier molecular flexibility index (Phi) is 5.56. The molecule has 0 radical (unpaired) electrons. The summed E-state index contributed by atoms with van der Waals surface area (Å²) in [4.78, 5) is 11.8. The fraction of sp³-hybridized carbons (Fsp3) is 0.133. The highest BCUT2D eigenvalue weighted by molar-refractivity contribution is 6.31. The first-order valence-electron chi connectivity index (χ1n) is 6.52. The fourth-order valence-electron chi connectivity index (χ4n) is 1.81. The van der Waals surface area contributed by atoms with Crippen LogP contribution < -0.4 is 10.6 Å². The molecule has 3 nitrogen and oxygen atoms in total. The molecule has 2 aromatic rings. The number of nitrogens with one attached hydrogen (secondary N) is 2. The highest BCUT2D eigenvalue weighted by Crippen LogP contribution is 2.36. The van der Waals surface area contributed by atoms with Crippen molar-refractivity contribution in [1.29, 1.82) is 0 Å². The number of rotatable bonds is 4. The number of benzene rings is 2. The Balaban J connectivity index is 2.00. The molecular formula is C15H10Cl2F4N2O. The molecule has 2 rings (SSSR count). The molecule has 2 aromatic carbocycles. The molecule has 0 aliphatic rings. The maximum absolute atomic E-state index is 13.0. The number of halogens is 6. The van der Waals surface area contributed by atoms with Crippen LogP contribution in [0.2, 0.25) is 10.0 Å². The molecule has 0 atom stereocenters. The summed E-state index contributed by atoms with van der Waals surface area (Å²) in [5, 5.41) is 4.40. The second-order valence-electron chi connectivity index (χ2n) is 4.72. The predicted octanol–water partition coefficient (Wildman–Crippen LogP) is 5.20. The summed E-state index contributed by atoms with van der Waals surface area (Å²) in [5.41, 5.74) is -0.654. The van der Waals surface area contributed by atoms with Crippen molar-refractivity contribution in [2.24, 2.45) is 0 Å². The smallest absolute Gasteiger partial charge is 0.376 e. The second kappa shape index (κ2) is 7.27. The summed E-state index contributed by atoms with van der Waals surface area (Å²) in [6.07, 6.45) is -4.60. The van der Waals surface area contributed by atoms with Crippen molar-refractivity contribution in [2.75, 3.05) is 17.2 Å². The number of anilines is 2. The van der Waals surface area contributed by atoms with Crippen molar-refractivity contribution >= 4 is 40.5 Å². The molecule has 0 unspecified atom stereocenters. The van der Waals surface area contributed by atoms with Gasteiger partial charge in [-0.05, 0) is 36.4 Å². The Morgan fingerprint density at radius 2 is 1.67 bits per heavy atom. The molecule has 0 heterocycles. The first kappa shape index (κ1) is 18.4. The Morgan fingerprint density at radius 1 is 1.00 bits per heavy atom. The van der Waals surface area contributed by atoms with Gasteiger partial charge in [0.05, 0.1) is 22.2 Å². The van der Waals surface area contributed by atoms with Gasteiger partial charge in [0.15, 0.2) is 0 Å². The van der Waals surface area contributed by atoms with Crippen molar-refractivity contribution in [3.05, 3.63) is 57.8 Å². The highest BCUT2D eigenvalue weighted by atomic mass is 35.5.